The summed E-state index contributed by atoms with van der Waals surface area (Å²) in [7, 11) is -2.25. The maximum absolute atomic E-state index is 7.89. The Balaban J connectivity index is 3.82. The summed E-state index contributed by atoms with van der Waals surface area (Å²) in [6.07, 6.45) is 0. The molecule has 0 fully saturated rings. The molecule has 0 aromatic rings. The molecule has 0 spiro atoms. The van der Waals surface area contributed by atoms with E-state index in [9.17, 15) is 0 Å². The van der Waals surface area contributed by atoms with E-state index in [0.717, 1.165) is 0 Å². The Bertz CT molecular complexity index is 133. The van der Waals surface area contributed by atoms with Gasteiger partial charge in [0, 0.05) is 0 Å². The van der Waals surface area contributed by atoms with E-state index in [4.69, 9.17) is 15.8 Å². The Kier molecular flexibility index (Phi) is 2.36. The van der Waals surface area contributed by atoms with Crippen LogP contribution in [0, 0.1) is 32.9 Å². The lowest BCUT2D eigenvalue weighted by atomic mass is 11.7. The molecule has 4 heteroatoms. The van der Waals surface area contributed by atoms with Crippen molar-refractivity contribution in [1.29, 1.82) is 15.8 Å². The van der Waals surface area contributed by atoms with Gasteiger partial charge in [-0.2, -0.15) is 0 Å². The molecule has 7 heavy (non-hydrogen) atoms. The van der Waals surface area contributed by atoms with Gasteiger partial charge in [0.05, 0.1) is 17.1 Å². The number of nitriles is 3. The lowest BCUT2D eigenvalue weighted by Crippen LogP contribution is -2.01. The quantitative estimate of drug-likeness (QED) is 0.388. The van der Waals surface area contributed by atoms with E-state index in [-0.39, 0.29) is 0 Å². The lowest BCUT2D eigenvalue weighted by Gasteiger charge is -1.65. The second-order valence-corrected chi connectivity index (χ2v) is 2.46. The van der Waals surface area contributed by atoms with Crippen LogP contribution >= 0.6 is 0 Å². The molecular weight excluding hydrogens is 106 g/mol. The van der Waals surface area contributed by atoms with E-state index in [2.05, 4.69) is 0 Å². The van der Waals surface area contributed by atoms with Crippen LogP contribution in [0.5, 0.6) is 0 Å². The second kappa shape index (κ2) is 2.90. The Morgan fingerprint density at radius 3 is 1.14 bits per heavy atom. The number of rotatable bonds is 0. The highest BCUT2D eigenvalue weighted by molar-refractivity contribution is 6.81. The lowest BCUT2D eigenvalue weighted by molar-refractivity contribution is 1.52. The second-order valence-electron chi connectivity index (χ2n) is 0.820. The maximum atomic E-state index is 7.89. The molecule has 32 valence electrons. The van der Waals surface area contributed by atoms with Gasteiger partial charge in [0.1, 0.15) is 0 Å². The molecule has 0 radical (unpaired) electrons. The van der Waals surface area contributed by atoms with Gasteiger partial charge < -0.3 is 0 Å². The molecule has 3 nitrogen and oxygen atoms in total. The fraction of sp³-hybridized carbons (Fsp3) is 0. The molecule has 0 bridgehead atoms. The first-order valence-electron chi connectivity index (χ1n) is 1.54. The molecule has 0 N–H and O–H groups in total. The molecule has 0 aliphatic rings. The summed E-state index contributed by atoms with van der Waals surface area (Å²) < 4.78 is 0. The molecule has 0 aliphatic heterocycles. The van der Waals surface area contributed by atoms with E-state index in [0.29, 0.717) is 0 Å². The topological polar surface area (TPSA) is 71.4 Å². The zero-order valence-corrected chi connectivity index (χ0v) is 4.57. The van der Waals surface area contributed by atoms with Crippen molar-refractivity contribution < 1.29 is 0 Å². The van der Waals surface area contributed by atoms with Crippen molar-refractivity contribution in [2.24, 2.45) is 0 Å². The van der Waals surface area contributed by atoms with Crippen LogP contribution in [0.3, 0.4) is 0 Å². The zero-order valence-electron chi connectivity index (χ0n) is 3.42. The molecule has 0 unspecified atom stereocenters. The molecule has 0 heterocycles. The summed E-state index contributed by atoms with van der Waals surface area (Å²) in [6, 6.07) is 0. The highest BCUT2D eigenvalue weighted by atomic mass is 28.3. The number of hydrogen-bond acceptors (Lipinski definition) is 3. The Morgan fingerprint density at radius 1 is 0.857 bits per heavy atom. The van der Waals surface area contributed by atoms with E-state index in [1.807, 2.05) is 0 Å². The summed E-state index contributed by atoms with van der Waals surface area (Å²) in [5.74, 6) is 0. The predicted molar refractivity (Wildman–Crippen MR) is 24.0 cm³/mol. The SMILES string of the molecule is N#C[SiH](C#N)C#N. The Labute approximate surface area is 42.6 Å². The van der Waals surface area contributed by atoms with Gasteiger partial charge in [0.15, 0.2) is 0 Å². The summed E-state index contributed by atoms with van der Waals surface area (Å²) >= 11 is 0. The average molecular weight is 107 g/mol. The predicted octanol–water partition coefficient (Wildman–Crippen LogP) is -0.598. The molecule has 0 aliphatic carbocycles. The first-order chi connectivity index (χ1) is 3.35. The number of hydrogen-bond donors (Lipinski definition) is 0. The van der Waals surface area contributed by atoms with Crippen molar-refractivity contribution in [2.75, 3.05) is 0 Å². The smallest absolute Gasteiger partial charge is 0.204 e. The Hall–Kier alpha value is -1.31. The summed E-state index contributed by atoms with van der Waals surface area (Å²) in [5, 5.41) is 23.7. The highest BCUT2D eigenvalue weighted by Gasteiger charge is 2.03. The van der Waals surface area contributed by atoms with Crippen LogP contribution in [0.1, 0.15) is 0 Å². The molecule has 0 saturated carbocycles. The highest BCUT2D eigenvalue weighted by Crippen LogP contribution is 1.67. The third-order valence-electron chi connectivity index (χ3n) is 0.387. The fourth-order valence-electron chi connectivity index (χ4n) is 0.0866. The van der Waals surface area contributed by atoms with E-state index >= 15 is 0 Å². The molecular formula is C3HN3Si. The van der Waals surface area contributed by atoms with Crippen LogP contribution in [-0.4, -0.2) is 8.80 Å². The minimum atomic E-state index is -2.25. The zero-order chi connectivity index (χ0) is 5.70. The van der Waals surface area contributed by atoms with Gasteiger partial charge in [0.2, 0.25) is 0 Å². The van der Waals surface area contributed by atoms with Crippen LogP contribution < -0.4 is 0 Å². The molecule has 0 rings (SSSR count). The van der Waals surface area contributed by atoms with Crippen molar-refractivity contribution in [3.05, 3.63) is 0 Å². The van der Waals surface area contributed by atoms with Gasteiger partial charge in [-0.25, -0.2) is 15.8 Å². The molecule has 0 atom stereocenters. The van der Waals surface area contributed by atoms with Gasteiger partial charge in [0.25, 0.3) is 0 Å². The van der Waals surface area contributed by atoms with Gasteiger partial charge in [-0.1, -0.05) is 0 Å². The maximum Gasteiger partial charge on any atom is 0.377 e. The molecule has 0 aromatic heterocycles. The Morgan fingerprint density at radius 2 is 1.14 bits per heavy atom. The van der Waals surface area contributed by atoms with Crippen LogP contribution in [0.4, 0.5) is 0 Å². The van der Waals surface area contributed by atoms with Crippen molar-refractivity contribution in [3.8, 4) is 17.1 Å². The standard InChI is InChI=1S/C3HN3Si/c4-1-7(2-5)3-6/h7H. The van der Waals surface area contributed by atoms with Crippen molar-refractivity contribution in [1.82, 2.24) is 0 Å². The fourth-order valence-corrected chi connectivity index (χ4v) is 0.260. The van der Waals surface area contributed by atoms with Crippen LogP contribution in [0.25, 0.3) is 0 Å². The minimum absolute atomic E-state index is 1.62. The average Bonchev–Trinajstić information content (AvgIpc) is 1.72. The molecule has 0 amide bonds. The van der Waals surface area contributed by atoms with E-state index in [1.165, 1.54) is 0 Å². The van der Waals surface area contributed by atoms with E-state index < -0.39 is 8.80 Å². The third kappa shape index (κ3) is 1.54. The van der Waals surface area contributed by atoms with Gasteiger partial charge in [-0.3, -0.25) is 0 Å². The monoisotopic (exact) mass is 107 g/mol. The number of nitrogens with zero attached hydrogens (tertiary/aromatic N) is 3. The largest absolute Gasteiger partial charge is 0.377 e. The summed E-state index contributed by atoms with van der Waals surface area (Å²) in [6.45, 7) is 0. The molecule has 0 aromatic carbocycles. The summed E-state index contributed by atoms with van der Waals surface area (Å²) in [4.78, 5) is 0. The van der Waals surface area contributed by atoms with Crippen molar-refractivity contribution in [2.45, 2.75) is 0 Å². The summed E-state index contributed by atoms with van der Waals surface area (Å²) in [5.41, 5.74) is 4.85. The van der Waals surface area contributed by atoms with Crippen molar-refractivity contribution >= 4 is 8.80 Å². The van der Waals surface area contributed by atoms with Gasteiger partial charge in [-0.15, -0.1) is 0 Å². The van der Waals surface area contributed by atoms with Gasteiger partial charge in [-0.05, 0) is 0 Å². The van der Waals surface area contributed by atoms with Crippen LogP contribution in [0.15, 0.2) is 0 Å². The van der Waals surface area contributed by atoms with Crippen molar-refractivity contribution in [3.63, 3.8) is 0 Å². The minimum Gasteiger partial charge on any atom is -0.204 e. The first kappa shape index (κ1) is 5.69. The first-order valence-corrected chi connectivity index (χ1v) is 3.27. The molecule has 0 saturated heterocycles. The van der Waals surface area contributed by atoms with Crippen LogP contribution in [-0.2, 0) is 0 Å². The van der Waals surface area contributed by atoms with E-state index in [1.54, 1.807) is 17.1 Å². The van der Waals surface area contributed by atoms with Crippen LogP contribution in [0.2, 0.25) is 0 Å². The van der Waals surface area contributed by atoms with Gasteiger partial charge >= 0.3 is 8.80 Å². The third-order valence-corrected chi connectivity index (χ3v) is 1.16. The normalized spacial score (nSPS) is 6.00.